The Morgan fingerprint density at radius 2 is 0.651 bits per heavy atom. The van der Waals surface area contributed by atoms with E-state index in [1.165, 1.54) is 85.9 Å². The van der Waals surface area contributed by atoms with E-state index in [2.05, 4.69) is 158 Å². The van der Waals surface area contributed by atoms with E-state index in [0.717, 1.165) is 0 Å². The Morgan fingerprint density at radius 1 is 0.233 bits per heavy atom. The van der Waals surface area contributed by atoms with Crippen LogP contribution in [0, 0.1) is 0 Å². The van der Waals surface area contributed by atoms with Crippen LogP contribution in [0.4, 0.5) is 0 Å². The first-order valence-electron chi connectivity index (χ1n) is 14.8. The third-order valence-corrected chi connectivity index (χ3v) is 10.0. The summed E-state index contributed by atoms with van der Waals surface area (Å²) in [4.78, 5) is 0. The van der Waals surface area contributed by atoms with Gasteiger partial charge in [-0.15, -0.1) is 11.3 Å². The Hall–Kier alpha value is -5.24. The van der Waals surface area contributed by atoms with Crippen molar-refractivity contribution in [3.05, 3.63) is 158 Å². The van der Waals surface area contributed by atoms with E-state index in [1.54, 1.807) is 0 Å². The van der Waals surface area contributed by atoms with Gasteiger partial charge in [0, 0.05) is 20.2 Å². The molecule has 1 heterocycles. The summed E-state index contributed by atoms with van der Waals surface area (Å²) in [6, 6.07) is 58.0. The van der Waals surface area contributed by atoms with E-state index in [-0.39, 0.29) is 0 Å². The Morgan fingerprint density at radius 3 is 1.30 bits per heavy atom. The van der Waals surface area contributed by atoms with E-state index in [9.17, 15) is 0 Å². The minimum atomic E-state index is 1.23. The second-order valence-electron chi connectivity index (χ2n) is 11.3. The Kier molecular flexibility index (Phi) is 5.47. The van der Waals surface area contributed by atoms with Gasteiger partial charge in [0.05, 0.1) is 0 Å². The molecule has 9 rings (SSSR count). The van der Waals surface area contributed by atoms with Gasteiger partial charge in [-0.3, -0.25) is 0 Å². The van der Waals surface area contributed by atoms with E-state index < -0.39 is 0 Å². The first-order chi connectivity index (χ1) is 21.3. The maximum atomic E-state index is 2.37. The van der Waals surface area contributed by atoms with Crippen molar-refractivity contribution >= 4 is 63.8 Å². The number of benzene rings is 8. The maximum absolute atomic E-state index is 2.37. The van der Waals surface area contributed by atoms with Crippen LogP contribution in [0.25, 0.3) is 85.9 Å². The zero-order chi connectivity index (χ0) is 28.3. The highest BCUT2D eigenvalue weighted by molar-refractivity contribution is 7.25. The number of fused-ring (bicyclic) bond motifs is 9. The SMILES string of the molecule is c1cc(-c2ccc(-c3ccc4c(c3)sc3ccccc34)cc2)cc(-c2ccc3c4ccccc4c4ccccc4c3c2)c1. The molecule has 0 N–H and O–H groups in total. The highest BCUT2D eigenvalue weighted by Gasteiger charge is 2.11. The van der Waals surface area contributed by atoms with E-state index in [0.29, 0.717) is 0 Å². The van der Waals surface area contributed by atoms with Crippen molar-refractivity contribution in [1.29, 1.82) is 0 Å². The lowest BCUT2D eigenvalue weighted by molar-refractivity contribution is 1.59. The third kappa shape index (κ3) is 3.97. The maximum Gasteiger partial charge on any atom is 0.0361 e. The topological polar surface area (TPSA) is 0 Å². The van der Waals surface area contributed by atoms with Crippen LogP contribution in [-0.2, 0) is 0 Å². The second kappa shape index (κ2) is 9.66. The molecule has 0 amide bonds. The van der Waals surface area contributed by atoms with Crippen LogP contribution in [0.2, 0.25) is 0 Å². The van der Waals surface area contributed by atoms with Gasteiger partial charge in [-0.05, 0) is 90.0 Å². The van der Waals surface area contributed by atoms with Crippen LogP contribution in [0.5, 0.6) is 0 Å². The van der Waals surface area contributed by atoms with Gasteiger partial charge in [0.15, 0.2) is 0 Å². The summed E-state index contributed by atoms with van der Waals surface area (Å²) >= 11 is 1.87. The Bertz CT molecular complexity index is 2460. The molecule has 0 aliphatic carbocycles. The van der Waals surface area contributed by atoms with Crippen LogP contribution in [0.15, 0.2) is 158 Å². The lowest BCUT2D eigenvalue weighted by atomic mass is 9.91. The van der Waals surface area contributed by atoms with Gasteiger partial charge in [0.2, 0.25) is 0 Å². The lowest BCUT2D eigenvalue weighted by Crippen LogP contribution is -1.86. The molecule has 200 valence electrons. The molecular formula is C42H26S. The highest BCUT2D eigenvalue weighted by Crippen LogP contribution is 2.39. The molecule has 8 aromatic carbocycles. The summed E-state index contributed by atoms with van der Waals surface area (Å²) in [5.41, 5.74) is 7.43. The summed E-state index contributed by atoms with van der Waals surface area (Å²) in [5, 5.41) is 10.5. The molecule has 0 bridgehead atoms. The predicted octanol–water partition coefficient (Wildman–Crippen LogP) is 12.5. The van der Waals surface area contributed by atoms with Crippen molar-refractivity contribution in [2.45, 2.75) is 0 Å². The summed E-state index contributed by atoms with van der Waals surface area (Å²) in [7, 11) is 0. The fourth-order valence-electron chi connectivity index (χ4n) is 6.73. The molecule has 0 saturated heterocycles. The van der Waals surface area contributed by atoms with E-state index in [1.807, 2.05) is 11.3 Å². The predicted molar refractivity (Wildman–Crippen MR) is 188 cm³/mol. The second-order valence-corrected chi connectivity index (χ2v) is 12.4. The van der Waals surface area contributed by atoms with Gasteiger partial charge in [0.25, 0.3) is 0 Å². The molecule has 0 spiro atoms. The van der Waals surface area contributed by atoms with Crippen molar-refractivity contribution in [3.8, 4) is 33.4 Å². The third-order valence-electron chi connectivity index (χ3n) is 8.87. The monoisotopic (exact) mass is 562 g/mol. The number of thiophene rings is 1. The van der Waals surface area contributed by atoms with Gasteiger partial charge < -0.3 is 0 Å². The quantitative estimate of drug-likeness (QED) is 0.188. The van der Waals surface area contributed by atoms with Crippen molar-refractivity contribution < 1.29 is 0 Å². The first kappa shape index (κ1) is 24.4. The minimum Gasteiger partial charge on any atom is -0.135 e. The largest absolute Gasteiger partial charge is 0.135 e. The smallest absolute Gasteiger partial charge is 0.0361 e. The van der Waals surface area contributed by atoms with Gasteiger partial charge in [-0.25, -0.2) is 0 Å². The molecule has 0 aliphatic rings. The molecule has 0 aliphatic heterocycles. The average molecular weight is 563 g/mol. The number of hydrogen-bond acceptors (Lipinski definition) is 1. The van der Waals surface area contributed by atoms with Crippen LogP contribution in [-0.4, -0.2) is 0 Å². The molecule has 0 unspecified atom stereocenters. The molecule has 0 atom stereocenters. The summed E-state index contributed by atoms with van der Waals surface area (Å²) in [6.45, 7) is 0. The molecular weight excluding hydrogens is 537 g/mol. The zero-order valence-electron chi connectivity index (χ0n) is 23.4. The van der Waals surface area contributed by atoms with Crippen LogP contribution in [0.3, 0.4) is 0 Å². The molecule has 0 saturated carbocycles. The zero-order valence-corrected chi connectivity index (χ0v) is 24.2. The number of hydrogen-bond donors (Lipinski definition) is 0. The van der Waals surface area contributed by atoms with Crippen molar-refractivity contribution in [1.82, 2.24) is 0 Å². The number of rotatable bonds is 3. The first-order valence-corrected chi connectivity index (χ1v) is 15.6. The minimum absolute atomic E-state index is 1.23. The van der Waals surface area contributed by atoms with E-state index >= 15 is 0 Å². The average Bonchev–Trinajstić information content (AvgIpc) is 3.46. The van der Waals surface area contributed by atoms with Crippen molar-refractivity contribution in [2.75, 3.05) is 0 Å². The van der Waals surface area contributed by atoms with Crippen molar-refractivity contribution in [3.63, 3.8) is 0 Å². The molecule has 1 heteroatoms. The Labute approximate surface area is 254 Å². The molecule has 0 radical (unpaired) electrons. The molecule has 1 aromatic heterocycles. The van der Waals surface area contributed by atoms with Gasteiger partial charge in [-0.1, -0.05) is 133 Å². The summed E-state index contributed by atoms with van der Waals surface area (Å²) in [5.74, 6) is 0. The fraction of sp³-hybridized carbons (Fsp3) is 0. The normalized spacial score (nSPS) is 11.7. The fourth-order valence-corrected chi connectivity index (χ4v) is 7.87. The Balaban J connectivity index is 1.09. The highest BCUT2D eigenvalue weighted by atomic mass is 32.1. The summed E-state index contributed by atoms with van der Waals surface area (Å²) < 4.78 is 2.68. The van der Waals surface area contributed by atoms with Crippen LogP contribution in [0.1, 0.15) is 0 Å². The molecule has 9 aromatic rings. The van der Waals surface area contributed by atoms with E-state index in [4.69, 9.17) is 0 Å². The molecule has 43 heavy (non-hydrogen) atoms. The lowest BCUT2D eigenvalue weighted by Gasteiger charge is -2.12. The molecule has 0 nitrogen and oxygen atoms in total. The van der Waals surface area contributed by atoms with Gasteiger partial charge in [0.1, 0.15) is 0 Å². The van der Waals surface area contributed by atoms with Crippen LogP contribution >= 0.6 is 11.3 Å². The summed E-state index contributed by atoms with van der Waals surface area (Å²) in [6.07, 6.45) is 0. The standard InChI is InChI=1S/C42H26S/c1-2-12-35-33(10-1)34-11-3-4-13-36(34)40-25-31(20-22-37(35)40)30-9-7-8-29(24-30)27-16-18-28(19-17-27)32-21-23-39-38-14-5-6-15-41(38)43-42(39)26-32/h1-26H. The van der Waals surface area contributed by atoms with Gasteiger partial charge >= 0.3 is 0 Å². The van der Waals surface area contributed by atoms with Crippen molar-refractivity contribution in [2.24, 2.45) is 0 Å². The molecule has 0 fully saturated rings. The van der Waals surface area contributed by atoms with Gasteiger partial charge in [-0.2, -0.15) is 0 Å². The van der Waals surface area contributed by atoms with Crippen LogP contribution < -0.4 is 0 Å².